The molecule has 0 aliphatic rings. The van der Waals surface area contributed by atoms with Crippen LogP contribution in [0.1, 0.15) is 70.6 Å². The summed E-state index contributed by atoms with van der Waals surface area (Å²) in [6.45, 7) is 13.8. The third kappa shape index (κ3) is 2.87. The van der Waals surface area contributed by atoms with Gasteiger partial charge in [-0.25, -0.2) is 0 Å². The van der Waals surface area contributed by atoms with Crippen LogP contribution in [-0.4, -0.2) is 0 Å². The minimum atomic E-state index is 0.253. The second kappa shape index (κ2) is 5.03. The van der Waals surface area contributed by atoms with Crippen molar-refractivity contribution in [3.8, 4) is 0 Å². The van der Waals surface area contributed by atoms with Gasteiger partial charge in [0, 0.05) is 0 Å². The second-order valence-corrected chi connectivity index (χ2v) is 6.03. The van der Waals surface area contributed by atoms with Crippen molar-refractivity contribution >= 4 is 0 Å². The summed E-state index contributed by atoms with van der Waals surface area (Å²) in [7, 11) is 0. The molecule has 0 saturated carbocycles. The van der Waals surface area contributed by atoms with E-state index >= 15 is 0 Å². The van der Waals surface area contributed by atoms with E-state index in [9.17, 15) is 0 Å². The van der Waals surface area contributed by atoms with Gasteiger partial charge in [-0.05, 0) is 34.4 Å². The van der Waals surface area contributed by atoms with E-state index < -0.39 is 0 Å². The van der Waals surface area contributed by atoms with Crippen molar-refractivity contribution in [2.24, 2.45) is 0 Å². The smallest absolute Gasteiger partial charge is 0.0129 e. The van der Waals surface area contributed by atoms with Crippen LogP contribution in [0.2, 0.25) is 0 Å². The highest BCUT2D eigenvalue weighted by Gasteiger charge is 2.21. The minimum Gasteiger partial charge on any atom is -0.0651 e. The lowest BCUT2D eigenvalue weighted by atomic mass is 9.78. The first kappa shape index (κ1) is 13.3. The summed E-state index contributed by atoms with van der Waals surface area (Å²) in [4.78, 5) is 0. The molecule has 0 amide bonds. The Bertz CT molecular complexity index is 340. The summed E-state index contributed by atoms with van der Waals surface area (Å²) in [6.07, 6.45) is 2.44. The van der Waals surface area contributed by atoms with Crippen molar-refractivity contribution in [1.29, 1.82) is 0 Å². The molecule has 0 nitrogen and oxygen atoms in total. The van der Waals surface area contributed by atoms with Crippen LogP contribution in [-0.2, 0) is 11.8 Å². The fourth-order valence-electron chi connectivity index (χ4n) is 2.44. The lowest BCUT2D eigenvalue weighted by Crippen LogP contribution is -2.16. The van der Waals surface area contributed by atoms with Gasteiger partial charge in [0.25, 0.3) is 0 Å². The third-order valence-corrected chi connectivity index (χ3v) is 3.10. The Balaban J connectivity index is 3.33. The largest absolute Gasteiger partial charge is 0.0651 e. The van der Waals surface area contributed by atoms with Gasteiger partial charge in [-0.2, -0.15) is 0 Å². The molecule has 1 aromatic carbocycles. The first-order valence-electron chi connectivity index (χ1n) is 6.50. The fraction of sp³-hybridized carbons (Fsp3) is 0.625. The highest BCUT2D eigenvalue weighted by Crippen LogP contribution is 2.33. The normalized spacial score (nSPS) is 12.2. The average molecular weight is 218 g/mol. The number of hydrogen-bond acceptors (Lipinski definition) is 0. The van der Waals surface area contributed by atoms with Crippen LogP contribution < -0.4 is 0 Å². The van der Waals surface area contributed by atoms with E-state index in [-0.39, 0.29) is 5.41 Å². The molecule has 1 aromatic rings. The molecule has 0 heterocycles. The third-order valence-electron chi connectivity index (χ3n) is 3.10. The van der Waals surface area contributed by atoms with Crippen LogP contribution in [0.5, 0.6) is 0 Å². The maximum atomic E-state index is 2.31. The van der Waals surface area contributed by atoms with Gasteiger partial charge in [0.1, 0.15) is 0 Å². The molecule has 0 heteroatoms. The van der Waals surface area contributed by atoms with Crippen LogP contribution in [0, 0.1) is 0 Å². The van der Waals surface area contributed by atoms with E-state index in [1.54, 1.807) is 11.1 Å². The SMILES string of the molecule is CCCc1cccc(C(C)(C)C)c1C(C)C. The molecule has 16 heavy (non-hydrogen) atoms. The van der Waals surface area contributed by atoms with E-state index in [2.05, 4.69) is 59.7 Å². The minimum absolute atomic E-state index is 0.253. The van der Waals surface area contributed by atoms with Crippen molar-refractivity contribution < 1.29 is 0 Å². The Morgan fingerprint density at radius 3 is 2.19 bits per heavy atom. The highest BCUT2D eigenvalue weighted by molar-refractivity contribution is 5.41. The molecule has 0 bridgehead atoms. The molecule has 0 aliphatic carbocycles. The molecule has 0 N–H and O–H groups in total. The molecular weight excluding hydrogens is 192 g/mol. The molecule has 90 valence electrons. The zero-order valence-corrected chi connectivity index (χ0v) is 11.7. The first-order chi connectivity index (χ1) is 7.38. The number of aryl methyl sites for hydroxylation is 1. The quantitative estimate of drug-likeness (QED) is 0.665. The van der Waals surface area contributed by atoms with Gasteiger partial charge >= 0.3 is 0 Å². The number of hydrogen-bond donors (Lipinski definition) is 0. The number of benzene rings is 1. The predicted octanol–water partition coefficient (Wildman–Crippen LogP) is 5.06. The second-order valence-electron chi connectivity index (χ2n) is 6.03. The molecule has 0 aliphatic heterocycles. The monoisotopic (exact) mass is 218 g/mol. The average Bonchev–Trinajstić information content (AvgIpc) is 2.16. The van der Waals surface area contributed by atoms with E-state index in [0.717, 1.165) is 0 Å². The van der Waals surface area contributed by atoms with Gasteiger partial charge in [-0.1, -0.05) is 66.2 Å². The van der Waals surface area contributed by atoms with Crippen molar-refractivity contribution in [2.75, 3.05) is 0 Å². The van der Waals surface area contributed by atoms with Gasteiger partial charge < -0.3 is 0 Å². The van der Waals surface area contributed by atoms with Crippen molar-refractivity contribution in [3.63, 3.8) is 0 Å². The maximum absolute atomic E-state index is 2.31. The summed E-state index contributed by atoms with van der Waals surface area (Å²) in [5, 5.41) is 0. The summed E-state index contributed by atoms with van der Waals surface area (Å²) >= 11 is 0. The lowest BCUT2D eigenvalue weighted by Gasteiger charge is -2.27. The summed E-state index contributed by atoms with van der Waals surface area (Å²) in [6, 6.07) is 6.82. The Kier molecular flexibility index (Phi) is 4.18. The fourth-order valence-corrected chi connectivity index (χ4v) is 2.44. The summed E-state index contributed by atoms with van der Waals surface area (Å²) in [5.74, 6) is 0.622. The van der Waals surface area contributed by atoms with Gasteiger partial charge in [-0.3, -0.25) is 0 Å². The van der Waals surface area contributed by atoms with Crippen LogP contribution in [0.25, 0.3) is 0 Å². The van der Waals surface area contributed by atoms with Crippen molar-refractivity contribution in [1.82, 2.24) is 0 Å². The zero-order valence-electron chi connectivity index (χ0n) is 11.7. The molecule has 0 unspecified atom stereocenters. The van der Waals surface area contributed by atoms with E-state index in [4.69, 9.17) is 0 Å². The van der Waals surface area contributed by atoms with Crippen LogP contribution in [0.3, 0.4) is 0 Å². The van der Waals surface area contributed by atoms with E-state index in [1.165, 1.54) is 18.4 Å². The maximum Gasteiger partial charge on any atom is -0.0129 e. The van der Waals surface area contributed by atoms with Crippen LogP contribution in [0.4, 0.5) is 0 Å². The Morgan fingerprint density at radius 1 is 1.12 bits per heavy atom. The molecule has 1 rings (SSSR count). The first-order valence-corrected chi connectivity index (χ1v) is 6.50. The van der Waals surface area contributed by atoms with Gasteiger partial charge in [-0.15, -0.1) is 0 Å². The zero-order chi connectivity index (χ0) is 12.3. The van der Waals surface area contributed by atoms with E-state index in [0.29, 0.717) is 5.92 Å². The van der Waals surface area contributed by atoms with Gasteiger partial charge in [0.2, 0.25) is 0 Å². The Morgan fingerprint density at radius 2 is 1.75 bits per heavy atom. The molecule has 0 atom stereocenters. The van der Waals surface area contributed by atoms with Crippen molar-refractivity contribution in [2.45, 2.75) is 65.7 Å². The molecule has 0 fully saturated rings. The lowest BCUT2D eigenvalue weighted by molar-refractivity contribution is 0.574. The summed E-state index contributed by atoms with van der Waals surface area (Å²) in [5.41, 5.74) is 4.90. The molecule has 0 spiro atoms. The standard InChI is InChI=1S/C16H26/c1-7-9-13-10-8-11-14(16(4,5)6)15(13)12(2)3/h8,10-12H,7,9H2,1-6H3. The summed E-state index contributed by atoms with van der Waals surface area (Å²) < 4.78 is 0. The van der Waals surface area contributed by atoms with E-state index in [1.807, 2.05) is 0 Å². The Labute approximate surface area is 101 Å². The van der Waals surface area contributed by atoms with Crippen LogP contribution in [0.15, 0.2) is 18.2 Å². The predicted molar refractivity (Wildman–Crippen MR) is 73.2 cm³/mol. The topological polar surface area (TPSA) is 0 Å². The molecular formula is C16H26. The van der Waals surface area contributed by atoms with Gasteiger partial charge in [0.05, 0.1) is 0 Å². The highest BCUT2D eigenvalue weighted by atomic mass is 14.3. The molecule has 0 saturated heterocycles. The molecule has 0 aromatic heterocycles. The molecule has 0 radical (unpaired) electrons. The Hall–Kier alpha value is -0.780. The van der Waals surface area contributed by atoms with Gasteiger partial charge in [0.15, 0.2) is 0 Å². The van der Waals surface area contributed by atoms with Crippen LogP contribution >= 0.6 is 0 Å². The number of rotatable bonds is 3. The van der Waals surface area contributed by atoms with Crippen molar-refractivity contribution in [3.05, 3.63) is 34.9 Å².